The van der Waals surface area contributed by atoms with Crippen LogP contribution < -0.4 is 0 Å². The number of carboxylic acids is 1. The van der Waals surface area contributed by atoms with Gasteiger partial charge < -0.3 is 5.11 Å². The predicted molar refractivity (Wildman–Crippen MR) is 49.2 cm³/mol. The highest BCUT2D eigenvalue weighted by Crippen LogP contribution is 2.22. The molecule has 0 aromatic rings. The van der Waals surface area contributed by atoms with Crippen LogP contribution in [-0.2, 0) is 9.59 Å². The van der Waals surface area contributed by atoms with E-state index >= 15 is 0 Å². The molecule has 0 aliphatic heterocycles. The van der Waals surface area contributed by atoms with Crippen molar-refractivity contribution in [2.24, 2.45) is 5.92 Å². The zero-order valence-corrected chi connectivity index (χ0v) is 8.35. The highest BCUT2D eigenvalue weighted by atomic mass is 32.2. The third-order valence-corrected chi connectivity index (χ3v) is 2.95. The fourth-order valence-electron chi connectivity index (χ4n) is 0.803. The van der Waals surface area contributed by atoms with Gasteiger partial charge in [-0.25, -0.2) is 0 Å². The molecule has 0 aliphatic rings. The zero-order valence-electron chi connectivity index (χ0n) is 7.53. The summed E-state index contributed by atoms with van der Waals surface area (Å²) >= 11 is 0.902. The first-order chi connectivity index (χ1) is 5.49. The normalized spacial score (nSPS) is 15.2. The Hall–Kier alpha value is -0.510. The van der Waals surface area contributed by atoms with E-state index in [4.69, 9.17) is 5.11 Å². The molecule has 0 bridgehead atoms. The van der Waals surface area contributed by atoms with Crippen LogP contribution in [0.15, 0.2) is 0 Å². The summed E-state index contributed by atoms with van der Waals surface area (Å²) in [6.07, 6.45) is 0.775. The fraction of sp³-hybridized carbons (Fsp3) is 0.750. The van der Waals surface area contributed by atoms with Crippen molar-refractivity contribution in [1.29, 1.82) is 0 Å². The van der Waals surface area contributed by atoms with Crippen molar-refractivity contribution >= 4 is 22.8 Å². The third kappa shape index (κ3) is 3.76. The molecule has 0 amide bonds. The van der Waals surface area contributed by atoms with E-state index in [9.17, 15) is 9.59 Å². The standard InChI is InChI=1S/C8H14O3S/c1-4-5(2)7(8(10)11)12-6(3)9/h5,7H,4H2,1-3H3,(H,10,11). The van der Waals surface area contributed by atoms with Crippen LogP contribution in [0.2, 0.25) is 0 Å². The van der Waals surface area contributed by atoms with Crippen molar-refractivity contribution in [3.05, 3.63) is 0 Å². The average molecular weight is 190 g/mol. The summed E-state index contributed by atoms with van der Waals surface area (Å²) in [6.45, 7) is 5.15. The summed E-state index contributed by atoms with van der Waals surface area (Å²) in [6, 6.07) is 0. The van der Waals surface area contributed by atoms with Crippen molar-refractivity contribution in [3.8, 4) is 0 Å². The van der Waals surface area contributed by atoms with Gasteiger partial charge in [0.25, 0.3) is 0 Å². The lowest BCUT2D eigenvalue weighted by Gasteiger charge is -2.15. The minimum atomic E-state index is -0.899. The lowest BCUT2D eigenvalue weighted by Crippen LogP contribution is -2.25. The maximum absolute atomic E-state index is 10.7. The number of carbonyl (C=O) groups is 2. The van der Waals surface area contributed by atoms with Crippen LogP contribution in [-0.4, -0.2) is 21.4 Å². The van der Waals surface area contributed by atoms with E-state index in [1.54, 1.807) is 0 Å². The molecule has 0 aromatic heterocycles. The lowest BCUT2D eigenvalue weighted by atomic mass is 10.1. The molecule has 3 nitrogen and oxygen atoms in total. The van der Waals surface area contributed by atoms with Gasteiger partial charge in [-0.05, 0) is 5.92 Å². The second-order valence-corrected chi connectivity index (χ2v) is 4.07. The molecule has 0 aromatic carbocycles. The highest BCUT2D eigenvalue weighted by Gasteiger charge is 2.25. The van der Waals surface area contributed by atoms with E-state index < -0.39 is 11.2 Å². The fourth-order valence-corrected chi connectivity index (χ4v) is 1.69. The molecular formula is C8H14O3S. The number of carboxylic acid groups (broad SMARTS) is 1. The Morgan fingerprint density at radius 1 is 1.50 bits per heavy atom. The molecule has 0 aliphatic carbocycles. The maximum Gasteiger partial charge on any atom is 0.317 e. The van der Waals surface area contributed by atoms with Gasteiger partial charge in [-0.15, -0.1) is 0 Å². The summed E-state index contributed by atoms with van der Waals surface area (Å²) in [5.74, 6) is -0.860. The molecule has 0 heterocycles. The van der Waals surface area contributed by atoms with E-state index in [1.165, 1.54) is 6.92 Å². The number of aliphatic carboxylic acids is 1. The Bertz CT molecular complexity index is 179. The molecule has 1 N–H and O–H groups in total. The van der Waals surface area contributed by atoms with Crippen LogP contribution >= 0.6 is 11.8 Å². The molecule has 4 heteroatoms. The Labute approximate surface area is 76.5 Å². The second-order valence-electron chi connectivity index (χ2n) is 2.75. The first-order valence-electron chi connectivity index (χ1n) is 3.89. The summed E-state index contributed by atoms with van der Waals surface area (Å²) in [5, 5.41) is 8.02. The minimum absolute atomic E-state index is 0.0383. The van der Waals surface area contributed by atoms with Crippen LogP contribution in [0.25, 0.3) is 0 Å². The molecule has 70 valence electrons. The lowest BCUT2D eigenvalue weighted by molar-refractivity contribution is -0.137. The molecule has 0 fully saturated rings. The number of hydrogen-bond donors (Lipinski definition) is 1. The molecule has 0 radical (unpaired) electrons. The third-order valence-electron chi connectivity index (χ3n) is 1.70. The monoisotopic (exact) mass is 190 g/mol. The smallest absolute Gasteiger partial charge is 0.317 e. The van der Waals surface area contributed by atoms with Gasteiger partial charge in [0, 0.05) is 6.92 Å². The molecular weight excluding hydrogens is 176 g/mol. The Balaban J connectivity index is 4.22. The van der Waals surface area contributed by atoms with Crippen LogP contribution in [0.5, 0.6) is 0 Å². The van der Waals surface area contributed by atoms with Gasteiger partial charge in [0.1, 0.15) is 5.25 Å². The van der Waals surface area contributed by atoms with E-state index in [0.29, 0.717) is 0 Å². The predicted octanol–water partition coefficient (Wildman–Crippen LogP) is 1.77. The van der Waals surface area contributed by atoms with Crippen LogP contribution in [0, 0.1) is 5.92 Å². The zero-order chi connectivity index (χ0) is 9.72. The van der Waals surface area contributed by atoms with Crippen LogP contribution in [0.3, 0.4) is 0 Å². The van der Waals surface area contributed by atoms with Crippen molar-refractivity contribution < 1.29 is 14.7 Å². The number of thioether (sulfide) groups is 1. The summed E-state index contributed by atoms with van der Waals surface area (Å²) in [5.41, 5.74) is 0. The maximum atomic E-state index is 10.7. The van der Waals surface area contributed by atoms with Crippen molar-refractivity contribution in [3.63, 3.8) is 0 Å². The number of rotatable bonds is 4. The minimum Gasteiger partial charge on any atom is -0.480 e. The SMILES string of the molecule is CCC(C)C(SC(C)=O)C(=O)O. The topological polar surface area (TPSA) is 54.4 Å². The molecule has 2 unspecified atom stereocenters. The molecule has 12 heavy (non-hydrogen) atoms. The van der Waals surface area contributed by atoms with Gasteiger partial charge in [0.15, 0.2) is 5.12 Å². The van der Waals surface area contributed by atoms with E-state index in [-0.39, 0.29) is 11.0 Å². The van der Waals surface area contributed by atoms with Gasteiger partial charge in [0.2, 0.25) is 0 Å². The molecule has 0 saturated carbocycles. The van der Waals surface area contributed by atoms with Crippen molar-refractivity contribution in [1.82, 2.24) is 0 Å². The molecule has 0 spiro atoms. The molecule has 2 atom stereocenters. The summed E-state index contributed by atoms with van der Waals surface area (Å²) in [4.78, 5) is 21.3. The second kappa shape index (κ2) is 5.19. The van der Waals surface area contributed by atoms with Crippen molar-refractivity contribution in [2.45, 2.75) is 32.4 Å². The van der Waals surface area contributed by atoms with Gasteiger partial charge in [-0.3, -0.25) is 9.59 Å². The molecule has 0 saturated heterocycles. The van der Waals surface area contributed by atoms with Crippen LogP contribution in [0.4, 0.5) is 0 Å². The summed E-state index contributed by atoms with van der Waals surface area (Å²) < 4.78 is 0. The Morgan fingerprint density at radius 3 is 2.25 bits per heavy atom. The quantitative estimate of drug-likeness (QED) is 0.734. The van der Waals surface area contributed by atoms with Gasteiger partial charge in [-0.1, -0.05) is 32.0 Å². The first-order valence-corrected chi connectivity index (χ1v) is 4.77. The van der Waals surface area contributed by atoms with Crippen molar-refractivity contribution in [2.75, 3.05) is 0 Å². The summed E-state index contributed by atoms with van der Waals surface area (Å²) in [7, 11) is 0. The Kier molecular flexibility index (Phi) is 4.97. The average Bonchev–Trinajstić information content (AvgIpc) is 1.98. The molecule has 0 rings (SSSR count). The Morgan fingerprint density at radius 2 is 2.00 bits per heavy atom. The number of hydrogen-bond acceptors (Lipinski definition) is 3. The highest BCUT2D eigenvalue weighted by molar-refractivity contribution is 8.14. The van der Waals surface area contributed by atoms with E-state index in [1.807, 2.05) is 13.8 Å². The van der Waals surface area contributed by atoms with E-state index in [0.717, 1.165) is 18.2 Å². The largest absolute Gasteiger partial charge is 0.480 e. The van der Waals surface area contributed by atoms with Gasteiger partial charge in [0.05, 0.1) is 0 Å². The van der Waals surface area contributed by atoms with E-state index in [2.05, 4.69) is 0 Å². The number of carbonyl (C=O) groups excluding carboxylic acids is 1. The van der Waals surface area contributed by atoms with Gasteiger partial charge in [-0.2, -0.15) is 0 Å². The van der Waals surface area contributed by atoms with Crippen LogP contribution in [0.1, 0.15) is 27.2 Å². The first kappa shape index (κ1) is 11.5. The van der Waals surface area contributed by atoms with Gasteiger partial charge >= 0.3 is 5.97 Å².